The molecule has 3 rings (SSSR count). The monoisotopic (exact) mass is 265 g/mol. The molecule has 2 nitrogen and oxygen atoms in total. The SMILES string of the molecule is CC(C)C1CCC2Oc3ccc(Cl)cc3NC2C1. The fourth-order valence-electron chi connectivity index (χ4n) is 3.15. The molecule has 0 spiro atoms. The van der Waals surface area contributed by atoms with E-state index >= 15 is 0 Å². The topological polar surface area (TPSA) is 21.3 Å². The van der Waals surface area contributed by atoms with E-state index in [1.54, 1.807) is 0 Å². The van der Waals surface area contributed by atoms with E-state index in [9.17, 15) is 0 Å². The molecule has 0 bridgehead atoms. The molecule has 1 heterocycles. The van der Waals surface area contributed by atoms with E-state index in [2.05, 4.69) is 19.2 Å². The summed E-state index contributed by atoms with van der Waals surface area (Å²) in [6.07, 6.45) is 3.97. The van der Waals surface area contributed by atoms with Crippen LogP contribution in [-0.2, 0) is 0 Å². The van der Waals surface area contributed by atoms with E-state index < -0.39 is 0 Å². The Balaban J connectivity index is 1.80. The Kier molecular flexibility index (Phi) is 3.14. The lowest BCUT2D eigenvalue weighted by Gasteiger charge is -2.42. The maximum absolute atomic E-state index is 6.10. The van der Waals surface area contributed by atoms with Gasteiger partial charge in [-0.15, -0.1) is 0 Å². The minimum Gasteiger partial charge on any atom is -0.486 e. The van der Waals surface area contributed by atoms with E-state index in [4.69, 9.17) is 16.3 Å². The van der Waals surface area contributed by atoms with Gasteiger partial charge >= 0.3 is 0 Å². The second-order valence-corrected chi connectivity index (χ2v) is 6.30. The quantitative estimate of drug-likeness (QED) is 0.816. The number of nitrogens with one attached hydrogen (secondary N) is 1. The molecule has 1 N–H and O–H groups in total. The highest BCUT2D eigenvalue weighted by molar-refractivity contribution is 6.30. The van der Waals surface area contributed by atoms with Crippen molar-refractivity contribution in [3.05, 3.63) is 23.2 Å². The minimum absolute atomic E-state index is 0.327. The highest BCUT2D eigenvalue weighted by Gasteiger charge is 2.36. The van der Waals surface area contributed by atoms with Gasteiger partial charge in [-0.3, -0.25) is 0 Å². The van der Waals surface area contributed by atoms with Crippen molar-refractivity contribution < 1.29 is 4.74 Å². The summed E-state index contributed by atoms with van der Waals surface area (Å²) in [6, 6.07) is 6.26. The van der Waals surface area contributed by atoms with Gasteiger partial charge in [0.2, 0.25) is 0 Å². The third-order valence-corrected chi connectivity index (χ3v) is 4.57. The Morgan fingerprint density at radius 1 is 1.33 bits per heavy atom. The Hall–Kier alpha value is -0.890. The van der Waals surface area contributed by atoms with Gasteiger partial charge in [-0.25, -0.2) is 0 Å². The predicted octanol–water partition coefficient (Wildman–Crippen LogP) is 4.34. The van der Waals surface area contributed by atoms with Crippen LogP contribution in [-0.4, -0.2) is 12.1 Å². The first-order valence-electron chi connectivity index (χ1n) is 6.86. The molecule has 1 fully saturated rings. The van der Waals surface area contributed by atoms with E-state index in [0.717, 1.165) is 34.7 Å². The van der Waals surface area contributed by atoms with Crippen LogP contribution in [0.15, 0.2) is 18.2 Å². The minimum atomic E-state index is 0.327. The molecule has 1 aromatic rings. The van der Waals surface area contributed by atoms with Gasteiger partial charge in [-0.1, -0.05) is 25.4 Å². The number of fused-ring (bicyclic) bond motifs is 2. The molecule has 3 heteroatoms. The number of rotatable bonds is 1. The lowest BCUT2D eigenvalue weighted by Crippen LogP contribution is -2.46. The van der Waals surface area contributed by atoms with E-state index in [1.807, 2.05) is 18.2 Å². The van der Waals surface area contributed by atoms with Gasteiger partial charge in [0.25, 0.3) is 0 Å². The molecule has 3 atom stereocenters. The zero-order chi connectivity index (χ0) is 12.7. The fraction of sp³-hybridized carbons (Fsp3) is 0.600. The van der Waals surface area contributed by atoms with Crippen molar-refractivity contribution in [2.45, 2.75) is 45.3 Å². The Morgan fingerprint density at radius 3 is 2.94 bits per heavy atom. The normalized spacial score (nSPS) is 30.1. The first kappa shape index (κ1) is 12.2. The second-order valence-electron chi connectivity index (χ2n) is 5.86. The van der Waals surface area contributed by atoms with Crippen LogP contribution in [0.2, 0.25) is 5.02 Å². The van der Waals surface area contributed by atoms with Crippen molar-refractivity contribution in [2.75, 3.05) is 5.32 Å². The van der Waals surface area contributed by atoms with E-state index in [0.29, 0.717) is 12.1 Å². The lowest BCUT2D eigenvalue weighted by molar-refractivity contribution is 0.0948. The molecular weight excluding hydrogens is 246 g/mol. The summed E-state index contributed by atoms with van der Waals surface area (Å²) >= 11 is 6.04. The van der Waals surface area contributed by atoms with Gasteiger partial charge in [0.05, 0.1) is 11.7 Å². The maximum Gasteiger partial charge on any atom is 0.143 e. The molecule has 18 heavy (non-hydrogen) atoms. The van der Waals surface area contributed by atoms with Crippen LogP contribution in [0.5, 0.6) is 5.75 Å². The van der Waals surface area contributed by atoms with E-state index in [1.165, 1.54) is 12.8 Å². The molecule has 0 amide bonds. The Labute approximate surface area is 114 Å². The number of hydrogen-bond acceptors (Lipinski definition) is 2. The smallest absolute Gasteiger partial charge is 0.143 e. The van der Waals surface area contributed by atoms with Crippen molar-refractivity contribution >= 4 is 17.3 Å². The zero-order valence-electron chi connectivity index (χ0n) is 10.9. The molecule has 0 saturated heterocycles. The van der Waals surface area contributed by atoms with Gasteiger partial charge in [-0.2, -0.15) is 0 Å². The maximum atomic E-state index is 6.10. The molecule has 98 valence electrons. The van der Waals surface area contributed by atoms with Crippen LogP contribution in [0.1, 0.15) is 33.1 Å². The van der Waals surface area contributed by atoms with Gasteiger partial charge in [0.1, 0.15) is 11.9 Å². The van der Waals surface area contributed by atoms with Crippen LogP contribution < -0.4 is 10.1 Å². The fourth-order valence-corrected chi connectivity index (χ4v) is 3.33. The molecule has 0 radical (unpaired) electrons. The van der Waals surface area contributed by atoms with Crippen molar-refractivity contribution in [1.29, 1.82) is 0 Å². The summed E-state index contributed by atoms with van der Waals surface area (Å²) in [5.74, 6) is 2.51. The number of anilines is 1. The second kappa shape index (κ2) is 4.65. The molecule has 1 aliphatic carbocycles. The van der Waals surface area contributed by atoms with Gasteiger partial charge in [0.15, 0.2) is 0 Å². The van der Waals surface area contributed by atoms with Crippen molar-refractivity contribution in [2.24, 2.45) is 11.8 Å². The number of benzene rings is 1. The third kappa shape index (κ3) is 2.18. The van der Waals surface area contributed by atoms with Crippen molar-refractivity contribution in [1.82, 2.24) is 0 Å². The first-order valence-corrected chi connectivity index (χ1v) is 7.24. The average molecular weight is 266 g/mol. The van der Waals surface area contributed by atoms with Gasteiger partial charge in [0, 0.05) is 5.02 Å². The summed E-state index contributed by atoms with van der Waals surface area (Å²) in [6.45, 7) is 4.64. The van der Waals surface area contributed by atoms with Crippen LogP contribution >= 0.6 is 11.6 Å². The van der Waals surface area contributed by atoms with Crippen LogP contribution in [0.4, 0.5) is 5.69 Å². The summed E-state index contributed by atoms with van der Waals surface area (Å²) in [4.78, 5) is 0. The largest absolute Gasteiger partial charge is 0.486 e. The molecular formula is C15H20ClNO. The average Bonchev–Trinajstić information content (AvgIpc) is 2.35. The Bertz CT molecular complexity index is 446. The van der Waals surface area contributed by atoms with Crippen LogP contribution in [0.25, 0.3) is 0 Å². The number of ether oxygens (including phenoxy) is 1. The Morgan fingerprint density at radius 2 is 2.17 bits per heavy atom. The molecule has 1 aromatic carbocycles. The summed E-state index contributed by atoms with van der Waals surface area (Å²) < 4.78 is 6.10. The number of halogens is 1. The zero-order valence-corrected chi connectivity index (χ0v) is 11.7. The lowest BCUT2D eigenvalue weighted by atomic mass is 9.77. The molecule has 3 unspecified atom stereocenters. The highest BCUT2D eigenvalue weighted by Crippen LogP contribution is 2.40. The standard InChI is InChI=1S/C15H20ClNO/c1-9(2)10-3-5-14-12(7-10)17-13-8-11(16)4-6-15(13)18-14/h4,6,8-10,12,14,17H,3,5,7H2,1-2H3. The van der Waals surface area contributed by atoms with Crippen LogP contribution in [0.3, 0.4) is 0 Å². The van der Waals surface area contributed by atoms with Crippen molar-refractivity contribution in [3.8, 4) is 5.75 Å². The third-order valence-electron chi connectivity index (χ3n) is 4.33. The summed E-state index contributed by atoms with van der Waals surface area (Å²) in [5.41, 5.74) is 1.05. The molecule has 1 aliphatic heterocycles. The molecule has 1 saturated carbocycles. The van der Waals surface area contributed by atoms with Gasteiger partial charge < -0.3 is 10.1 Å². The van der Waals surface area contributed by atoms with Crippen LogP contribution in [0, 0.1) is 11.8 Å². The predicted molar refractivity (Wildman–Crippen MR) is 75.5 cm³/mol. The summed E-state index contributed by atoms with van der Waals surface area (Å²) in [5, 5.41) is 4.38. The van der Waals surface area contributed by atoms with Gasteiger partial charge in [-0.05, 0) is 49.3 Å². The van der Waals surface area contributed by atoms with Crippen molar-refractivity contribution in [3.63, 3.8) is 0 Å². The first-order chi connectivity index (χ1) is 8.63. The van der Waals surface area contributed by atoms with E-state index in [-0.39, 0.29) is 0 Å². The summed E-state index contributed by atoms with van der Waals surface area (Å²) in [7, 11) is 0. The number of hydrogen-bond donors (Lipinski definition) is 1. The highest BCUT2D eigenvalue weighted by atomic mass is 35.5. The molecule has 0 aromatic heterocycles. The molecule has 2 aliphatic rings.